The molecule has 7 nitrogen and oxygen atoms in total. The number of nitrogens with zero attached hydrogens (tertiary/aromatic N) is 2. The summed E-state index contributed by atoms with van der Waals surface area (Å²) in [6.45, 7) is 1.47. The van der Waals surface area contributed by atoms with Gasteiger partial charge < -0.3 is 20.9 Å². The maximum atomic E-state index is 12.0. The number of nitrogens with one attached hydrogen (secondary N) is 2. The number of amides is 1. The van der Waals surface area contributed by atoms with Crippen LogP contribution < -0.4 is 16.6 Å². The average Bonchev–Trinajstić information content (AvgIpc) is 2.57. The number of aromatic amines is 1. The molecule has 3 heterocycles. The molecule has 0 unspecified atom stereocenters. The van der Waals surface area contributed by atoms with E-state index in [1.54, 1.807) is 29.6 Å². The molecule has 1 aliphatic rings. The van der Waals surface area contributed by atoms with Crippen LogP contribution in [0, 0.1) is 0 Å². The van der Waals surface area contributed by atoms with Crippen molar-refractivity contribution >= 4 is 11.6 Å². The Morgan fingerprint density at radius 2 is 2.12 bits per heavy atom. The van der Waals surface area contributed by atoms with Crippen LogP contribution in [-0.4, -0.2) is 46.5 Å². The highest BCUT2D eigenvalue weighted by Crippen LogP contribution is 2.20. The van der Waals surface area contributed by atoms with Gasteiger partial charge >= 0.3 is 0 Å². The SMILES string of the molecule is NCC=CC(=O)N1CC(Nc2cc(-c3ccncc3)c[nH]c2=O)C1. The molecule has 1 fully saturated rings. The van der Waals surface area contributed by atoms with Gasteiger partial charge in [-0.25, -0.2) is 0 Å². The lowest BCUT2D eigenvalue weighted by Crippen LogP contribution is -2.57. The van der Waals surface area contributed by atoms with E-state index >= 15 is 0 Å². The van der Waals surface area contributed by atoms with E-state index in [9.17, 15) is 9.59 Å². The molecule has 24 heavy (non-hydrogen) atoms. The van der Waals surface area contributed by atoms with E-state index in [1.165, 1.54) is 6.08 Å². The molecule has 0 radical (unpaired) electrons. The standard InChI is InChI=1S/C17H19N5O2/c18-5-1-2-16(23)22-10-14(11-22)21-15-8-13(9-20-17(15)24)12-3-6-19-7-4-12/h1-4,6-9,14,21H,5,10-11,18H2,(H,20,24). The van der Waals surface area contributed by atoms with Crippen LogP contribution in [0.2, 0.25) is 0 Å². The van der Waals surface area contributed by atoms with Gasteiger partial charge in [-0.3, -0.25) is 14.6 Å². The molecule has 0 aliphatic carbocycles. The Kier molecular flexibility index (Phi) is 4.72. The normalized spacial score (nSPS) is 14.6. The van der Waals surface area contributed by atoms with Gasteiger partial charge in [0.15, 0.2) is 0 Å². The Balaban J connectivity index is 1.66. The first-order chi connectivity index (χ1) is 11.7. The molecule has 4 N–H and O–H groups in total. The summed E-state index contributed by atoms with van der Waals surface area (Å²) in [5.74, 6) is -0.0575. The van der Waals surface area contributed by atoms with Gasteiger partial charge in [-0.1, -0.05) is 6.08 Å². The zero-order chi connectivity index (χ0) is 16.9. The minimum atomic E-state index is -0.180. The number of aromatic nitrogens is 2. The van der Waals surface area contributed by atoms with E-state index in [-0.39, 0.29) is 17.5 Å². The van der Waals surface area contributed by atoms with Crippen molar-refractivity contribution < 1.29 is 4.79 Å². The minimum absolute atomic E-state index is 0.0575. The molecule has 0 saturated carbocycles. The van der Waals surface area contributed by atoms with Gasteiger partial charge in [0.05, 0.1) is 6.04 Å². The Morgan fingerprint density at radius 1 is 1.38 bits per heavy atom. The maximum absolute atomic E-state index is 12.0. The quantitative estimate of drug-likeness (QED) is 0.697. The molecule has 0 spiro atoms. The highest BCUT2D eigenvalue weighted by atomic mass is 16.2. The highest BCUT2D eigenvalue weighted by molar-refractivity contribution is 5.88. The lowest BCUT2D eigenvalue weighted by molar-refractivity contribution is -0.129. The van der Waals surface area contributed by atoms with Crippen molar-refractivity contribution in [2.24, 2.45) is 5.73 Å². The summed E-state index contributed by atoms with van der Waals surface area (Å²) in [5.41, 5.74) is 7.53. The summed E-state index contributed by atoms with van der Waals surface area (Å²) in [4.78, 5) is 32.2. The summed E-state index contributed by atoms with van der Waals surface area (Å²) in [6, 6.07) is 5.64. The van der Waals surface area contributed by atoms with Gasteiger partial charge in [-0.05, 0) is 23.8 Å². The molecule has 2 aromatic rings. The topological polar surface area (TPSA) is 104 Å². The van der Waals surface area contributed by atoms with Crippen molar-refractivity contribution in [3.8, 4) is 11.1 Å². The average molecular weight is 325 g/mol. The fourth-order valence-electron chi connectivity index (χ4n) is 2.55. The Hall–Kier alpha value is -2.93. The minimum Gasteiger partial charge on any atom is -0.374 e. The summed E-state index contributed by atoms with van der Waals surface area (Å²) in [5, 5.41) is 3.20. The van der Waals surface area contributed by atoms with Crippen LogP contribution in [0.4, 0.5) is 5.69 Å². The Labute approximate surface area is 139 Å². The third-order valence-corrected chi connectivity index (χ3v) is 3.87. The molecule has 0 atom stereocenters. The molecule has 7 heteroatoms. The lowest BCUT2D eigenvalue weighted by atomic mass is 10.1. The first kappa shape index (κ1) is 15.9. The number of hydrogen-bond donors (Lipinski definition) is 3. The highest BCUT2D eigenvalue weighted by Gasteiger charge is 2.29. The third kappa shape index (κ3) is 3.52. The van der Waals surface area contributed by atoms with Crippen molar-refractivity contribution in [1.29, 1.82) is 0 Å². The van der Waals surface area contributed by atoms with Crippen LogP contribution in [0.3, 0.4) is 0 Å². The molecule has 1 saturated heterocycles. The molecule has 0 bridgehead atoms. The van der Waals surface area contributed by atoms with Gasteiger partial charge in [-0.2, -0.15) is 0 Å². The van der Waals surface area contributed by atoms with Crippen LogP contribution >= 0.6 is 0 Å². The fourth-order valence-corrected chi connectivity index (χ4v) is 2.55. The Bertz CT molecular complexity index is 794. The molecule has 1 amide bonds. The molecule has 124 valence electrons. The second-order valence-electron chi connectivity index (χ2n) is 5.59. The second kappa shape index (κ2) is 7.10. The van der Waals surface area contributed by atoms with Crippen LogP contribution in [-0.2, 0) is 4.79 Å². The largest absolute Gasteiger partial charge is 0.374 e. The van der Waals surface area contributed by atoms with Gasteiger partial charge in [-0.15, -0.1) is 0 Å². The predicted molar refractivity (Wildman–Crippen MR) is 92.5 cm³/mol. The van der Waals surface area contributed by atoms with E-state index in [4.69, 9.17) is 5.73 Å². The summed E-state index contributed by atoms with van der Waals surface area (Å²) in [6.07, 6.45) is 8.20. The van der Waals surface area contributed by atoms with Crippen LogP contribution in [0.15, 0.2) is 53.7 Å². The molecule has 1 aliphatic heterocycles. The third-order valence-electron chi connectivity index (χ3n) is 3.87. The lowest BCUT2D eigenvalue weighted by Gasteiger charge is -2.39. The van der Waals surface area contributed by atoms with Crippen LogP contribution in [0.25, 0.3) is 11.1 Å². The van der Waals surface area contributed by atoms with Gasteiger partial charge in [0.1, 0.15) is 5.69 Å². The second-order valence-corrected chi connectivity index (χ2v) is 5.59. The summed E-state index contributed by atoms with van der Waals surface area (Å²) in [7, 11) is 0. The number of anilines is 1. The van der Waals surface area contributed by atoms with Gasteiger partial charge in [0, 0.05) is 49.9 Å². The van der Waals surface area contributed by atoms with E-state index < -0.39 is 0 Å². The van der Waals surface area contributed by atoms with E-state index in [2.05, 4.69) is 15.3 Å². The molecule has 2 aromatic heterocycles. The van der Waals surface area contributed by atoms with Gasteiger partial charge in [0.25, 0.3) is 5.56 Å². The Morgan fingerprint density at radius 3 is 2.83 bits per heavy atom. The van der Waals surface area contributed by atoms with E-state index in [0.717, 1.165) is 11.1 Å². The number of H-pyrrole nitrogens is 1. The summed E-state index contributed by atoms with van der Waals surface area (Å²) >= 11 is 0. The molecule has 3 rings (SSSR count). The number of pyridine rings is 2. The van der Waals surface area contributed by atoms with Crippen molar-refractivity contribution in [2.45, 2.75) is 6.04 Å². The first-order valence-corrected chi connectivity index (χ1v) is 7.72. The number of carbonyl (C=O) groups is 1. The van der Waals surface area contributed by atoms with Crippen molar-refractivity contribution in [2.75, 3.05) is 25.0 Å². The maximum Gasteiger partial charge on any atom is 0.271 e. The molecule has 0 aromatic carbocycles. The predicted octanol–water partition coefficient (Wildman–Crippen LogP) is 0.574. The van der Waals surface area contributed by atoms with E-state index in [0.29, 0.717) is 25.3 Å². The number of carbonyl (C=O) groups excluding carboxylic acids is 1. The summed E-state index contributed by atoms with van der Waals surface area (Å²) < 4.78 is 0. The van der Waals surface area contributed by atoms with Crippen LogP contribution in [0.1, 0.15) is 0 Å². The zero-order valence-corrected chi connectivity index (χ0v) is 13.1. The fraction of sp³-hybridized carbons (Fsp3) is 0.235. The number of nitrogens with two attached hydrogens (primary N) is 1. The number of rotatable bonds is 5. The molecular weight excluding hydrogens is 306 g/mol. The molecular formula is C17H19N5O2. The number of likely N-dealkylation sites (tertiary alicyclic amines) is 1. The first-order valence-electron chi connectivity index (χ1n) is 7.72. The van der Waals surface area contributed by atoms with Crippen molar-refractivity contribution in [3.63, 3.8) is 0 Å². The van der Waals surface area contributed by atoms with Crippen molar-refractivity contribution in [1.82, 2.24) is 14.9 Å². The zero-order valence-electron chi connectivity index (χ0n) is 13.1. The smallest absolute Gasteiger partial charge is 0.271 e. The van der Waals surface area contributed by atoms with E-state index in [1.807, 2.05) is 18.2 Å². The van der Waals surface area contributed by atoms with Crippen molar-refractivity contribution in [3.05, 3.63) is 59.3 Å². The van der Waals surface area contributed by atoms with Crippen LogP contribution in [0.5, 0.6) is 0 Å². The monoisotopic (exact) mass is 325 g/mol. The van der Waals surface area contributed by atoms with Gasteiger partial charge in [0.2, 0.25) is 5.91 Å². The number of hydrogen-bond acceptors (Lipinski definition) is 5.